The average Bonchev–Trinajstić information content (AvgIpc) is 2.76. The zero-order chi connectivity index (χ0) is 24.5. The highest BCUT2D eigenvalue weighted by Gasteiger charge is 2.25. The first-order valence-corrected chi connectivity index (χ1v) is 10.7. The third-order valence-electron chi connectivity index (χ3n) is 4.24. The molecule has 0 radical (unpaired) electrons. The Labute approximate surface area is 202 Å². The fraction of sp³-hybridized carbons (Fsp3) is 0.364. The predicted molar refractivity (Wildman–Crippen MR) is 126 cm³/mol. The SMILES string of the molecule is CCOc1cc(OCC)c(NC(=O)C(N=Nc2cc(OC)cc(Cl)c2OC)C(C)=O)cc1Cl. The monoisotopic (exact) mass is 497 g/mol. The topological polar surface area (TPSA) is 108 Å². The van der Waals surface area contributed by atoms with Crippen LogP contribution in [0.15, 0.2) is 34.5 Å². The van der Waals surface area contributed by atoms with Crippen molar-refractivity contribution < 1.29 is 28.5 Å². The number of anilines is 1. The fourth-order valence-corrected chi connectivity index (χ4v) is 3.26. The summed E-state index contributed by atoms with van der Waals surface area (Å²) < 4.78 is 21.5. The summed E-state index contributed by atoms with van der Waals surface area (Å²) in [5.41, 5.74) is 0.457. The highest BCUT2D eigenvalue weighted by atomic mass is 35.5. The lowest BCUT2D eigenvalue weighted by Crippen LogP contribution is -2.32. The Kier molecular flexibility index (Phi) is 9.74. The number of halogens is 2. The maximum Gasteiger partial charge on any atom is 0.258 e. The van der Waals surface area contributed by atoms with E-state index in [4.69, 9.17) is 42.1 Å². The third kappa shape index (κ3) is 6.72. The number of Topliss-reactive ketones (excluding diaryl/α,β-unsaturated/α-hetero) is 1. The van der Waals surface area contributed by atoms with Gasteiger partial charge in [-0.05, 0) is 26.8 Å². The van der Waals surface area contributed by atoms with Gasteiger partial charge in [-0.25, -0.2) is 0 Å². The molecule has 0 heterocycles. The number of hydrogen-bond acceptors (Lipinski definition) is 8. The van der Waals surface area contributed by atoms with Crippen molar-refractivity contribution in [3.05, 3.63) is 34.3 Å². The number of hydrogen-bond donors (Lipinski definition) is 1. The van der Waals surface area contributed by atoms with E-state index in [1.165, 1.54) is 33.3 Å². The molecule has 9 nitrogen and oxygen atoms in total. The van der Waals surface area contributed by atoms with Crippen molar-refractivity contribution in [2.24, 2.45) is 10.2 Å². The van der Waals surface area contributed by atoms with Gasteiger partial charge in [0.1, 0.15) is 22.9 Å². The summed E-state index contributed by atoms with van der Waals surface area (Å²) in [5.74, 6) is 0.119. The molecule has 0 aliphatic rings. The number of ketones is 1. The molecule has 2 aromatic rings. The Bertz CT molecular complexity index is 1050. The lowest BCUT2D eigenvalue weighted by molar-refractivity contribution is -0.126. The number of amides is 1. The maximum atomic E-state index is 12.9. The normalized spacial score (nSPS) is 11.7. The molecule has 0 aromatic heterocycles. The summed E-state index contributed by atoms with van der Waals surface area (Å²) in [6, 6.07) is 4.66. The lowest BCUT2D eigenvalue weighted by Gasteiger charge is -2.16. The van der Waals surface area contributed by atoms with Crippen LogP contribution in [0.25, 0.3) is 0 Å². The van der Waals surface area contributed by atoms with E-state index in [1.54, 1.807) is 19.1 Å². The standard InChI is InChI=1S/C22H25Cl2N3O6/c1-6-32-18-11-19(33-7-2)16(10-14(18)23)25-22(29)20(12(3)28)27-26-17-9-13(30-4)8-15(24)21(17)31-5/h8-11,20H,6-7H2,1-5H3,(H,25,29). The van der Waals surface area contributed by atoms with Gasteiger partial charge in [0.2, 0.25) is 6.04 Å². The summed E-state index contributed by atoms with van der Waals surface area (Å²) in [5, 5.41) is 11.1. The molecule has 1 atom stereocenters. The highest BCUT2D eigenvalue weighted by molar-refractivity contribution is 6.33. The summed E-state index contributed by atoms with van der Waals surface area (Å²) in [6.45, 7) is 5.58. The summed E-state index contributed by atoms with van der Waals surface area (Å²) >= 11 is 12.4. The second-order valence-corrected chi connectivity index (χ2v) is 7.34. The number of rotatable bonds is 11. The number of ether oxygens (including phenoxy) is 4. The second-order valence-electron chi connectivity index (χ2n) is 6.52. The first-order valence-electron chi connectivity index (χ1n) is 9.98. The van der Waals surface area contributed by atoms with Crippen molar-refractivity contribution in [1.82, 2.24) is 0 Å². The van der Waals surface area contributed by atoms with Crippen molar-refractivity contribution in [3.8, 4) is 23.0 Å². The summed E-state index contributed by atoms with van der Waals surface area (Å²) in [7, 11) is 2.87. The molecule has 0 saturated heterocycles. The Morgan fingerprint density at radius 1 is 0.970 bits per heavy atom. The largest absolute Gasteiger partial charge is 0.497 e. The Balaban J connectivity index is 2.37. The molecule has 1 N–H and O–H groups in total. The Hall–Kier alpha value is -3.04. The van der Waals surface area contributed by atoms with Gasteiger partial charge >= 0.3 is 0 Å². The minimum atomic E-state index is -1.44. The molecule has 2 rings (SSSR count). The number of nitrogens with zero attached hydrogens (tertiary/aromatic N) is 2. The molecule has 0 saturated carbocycles. The molecule has 11 heteroatoms. The van der Waals surface area contributed by atoms with Crippen molar-refractivity contribution in [2.45, 2.75) is 26.8 Å². The van der Waals surface area contributed by atoms with Gasteiger partial charge in [-0.3, -0.25) is 9.59 Å². The highest BCUT2D eigenvalue weighted by Crippen LogP contribution is 2.39. The van der Waals surface area contributed by atoms with Crippen LogP contribution in [0, 0.1) is 0 Å². The van der Waals surface area contributed by atoms with Crippen molar-refractivity contribution in [2.75, 3.05) is 32.8 Å². The van der Waals surface area contributed by atoms with Crippen LogP contribution in [-0.2, 0) is 9.59 Å². The first kappa shape index (κ1) is 26.2. The Morgan fingerprint density at radius 3 is 2.21 bits per heavy atom. The van der Waals surface area contributed by atoms with Gasteiger partial charge in [0, 0.05) is 18.2 Å². The zero-order valence-electron chi connectivity index (χ0n) is 18.9. The van der Waals surface area contributed by atoms with E-state index in [0.29, 0.717) is 30.5 Å². The molecule has 0 aliphatic heterocycles. The van der Waals surface area contributed by atoms with Crippen LogP contribution in [-0.4, -0.2) is 45.2 Å². The summed E-state index contributed by atoms with van der Waals surface area (Å²) in [4.78, 5) is 25.1. The molecular formula is C22H25Cl2N3O6. The smallest absolute Gasteiger partial charge is 0.258 e. The van der Waals surface area contributed by atoms with Gasteiger partial charge in [-0.2, -0.15) is 10.2 Å². The van der Waals surface area contributed by atoms with Crippen LogP contribution in [0.2, 0.25) is 10.0 Å². The summed E-state index contributed by atoms with van der Waals surface area (Å²) in [6.07, 6.45) is 0. The minimum Gasteiger partial charge on any atom is -0.497 e. The van der Waals surface area contributed by atoms with Crippen LogP contribution in [0.3, 0.4) is 0 Å². The minimum absolute atomic E-state index is 0.194. The number of nitrogens with one attached hydrogen (secondary N) is 1. The van der Waals surface area contributed by atoms with Gasteiger partial charge in [0.05, 0.1) is 43.2 Å². The van der Waals surface area contributed by atoms with Crippen LogP contribution in [0.1, 0.15) is 20.8 Å². The molecule has 0 fully saturated rings. The van der Waals surface area contributed by atoms with Crippen LogP contribution < -0.4 is 24.3 Å². The average molecular weight is 498 g/mol. The van der Waals surface area contributed by atoms with E-state index in [1.807, 2.05) is 6.92 Å². The lowest BCUT2D eigenvalue weighted by atomic mass is 10.2. The van der Waals surface area contributed by atoms with Gasteiger partial charge in [0.15, 0.2) is 11.5 Å². The maximum absolute atomic E-state index is 12.9. The van der Waals surface area contributed by atoms with Crippen LogP contribution in [0.5, 0.6) is 23.0 Å². The molecule has 0 spiro atoms. The molecule has 0 aliphatic carbocycles. The van der Waals surface area contributed by atoms with E-state index in [0.717, 1.165) is 0 Å². The van der Waals surface area contributed by atoms with Crippen molar-refractivity contribution in [1.29, 1.82) is 0 Å². The number of azo groups is 1. The van der Waals surface area contributed by atoms with Crippen molar-refractivity contribution >= 4 is 46.3 Å². The van der Waals surface area contributed by atoms with E-state index in [9.17, 15) is 9.59 Å². The van der Waals surface area contributed by atoms with Crippen molar-refractivity contribution in [3.63, 3.8) is 0 Å². The number of carbonyl (C=O) groups is 2. The van der Waals surface area contributed by atoms with Gasteiger partial charge in [-0.1, -0.05) is 23.2 Å². The van der Waals surface area contributed by atoms with Crippen LogP contribution >= 0.6 is 23.2 Å². The first-order chi connectivity index (χ1) is 15.7. The Morgan fingerprint density at radius 2 is 1.64 bits per heavy atom. The number of benzene rings is 2. The molecule has 1 unspecified atom stereocenters. The van der Waals surface area contributed by atoms with Gasteiger partial charge < -0.3 is 24.3 Å². The predicted octanol–water partition coefficient (Wildman–Crippen LogP) is 5.49. The molecule has 1 amide bonds. The van der Waals surface area contributed by atoms with E-state index in [2.05, 4.69) is 15.5 Å². The zero-order valence-corrected chi connectivity index (χ0v) is 20.4. The number of carbonyl (C=O) groups excluding carboxylic acids is 2. The van der Waals surface area contributed by atoms with E-state index < -0.39 is 17.7 Å². The quantitative estimate of drug-likeness (QED) is 0.324. The molecule has 2 aromatic carbocycles. The van der Waals surface area contributed by atoms with Gasteiger partial charge in [-0.15, -0.1) is 0 Å². The second kappa shape index (κ2) is 12.3. The third-order valence-corrected chi connectivity index (χ3v) is 4.82. The molecule has 0 bridgehead atoms. The molecule has 33 heavy (non-hydrogen) atoms. The van der Waals surface area contributed by atoms with E-state index in [-0.39, 0.29) is 27.2 Å². The molecular weight excluding hydrogens is 473 g/mol. The number of methoxy groups -OCH3 is 2. The van der Waals surface area contributed by atoms with E-state index >= 15 is 0 Å². The van der Waals surface area contributed by atoms with Gasteiger partial charge in [0.25, 0.3) is 5.91 Å². The molecule has 178 valence electrons. The van der Waals surface area contributed by atoms with Crippen LogP contribution in [0.4, 0.5) is 11.4 Å². The fourth-order valence-electron chi connectivity index (χ4n) is 2.76.